The lowest BCUT2D eigenvalue weighted by Gasteiger charge is -2.25. The fraction of sp³-hybridized carbons (Fsp3) is 0.500. The number of nitrogens with one attached hydrogen (secondary N) is 1. The molecule has 0 spiro atoms. The van der Waals surface area contributed by atoms with Gasteiger partial charge in [0.2, 0.25) is 5.91 Å². The van der Waals surface area contributed by atoms with Crippen molar-refractivity contribution in [3.05, 3.63) is 35.9 Å². The van der Waals surface area contributed by atoms with Gasteiger partial charge >= 0.3 is 0 Å². The van der Waals surface area contributed by atoms with E-state index in [1.165, 1.54) is 5.01 Å². The van der Waals surface area contributed by atoms with Gasteiger partial charge < -0.3 is 10.1 Å². The molecule has 2 amide bonds. The van der Waals surface area contributed by atoms with Crippen LogP contribution in [0.3, 0.4) is 0 Å². The van der Waals surface area contributed by atoms with Gasteiger partial charge in [0.25, 0.3) is 5.91 Å². The summed E-state index contributed by atoms with van der Waals surface area (Å²) in [6, 6.07) is 9.60. The van der Waals surface area contributed by atoms with E-state index in [0.29, 0.717) is 25.1 Å². The van der Waals surface area contributed by atoms with Crippen molar-refractivity contribution in [2.24, 2.45) is 5.10 Å². The second-order valence-corrected chi connectivity index (χ2v) is 6.30. The summed E-state index contributed by atoms with van der Waals surface area (Å²) in [6.45, 7) is 3.09. The molecule has 2 atom stereocenters. The Balaban J connectivity index is 1.64. The number of rotatable bonds is 5. The van der Waals surface area contributed by atoms with E-state index in [1.807, 2.05) is 37.3 Å². The molecule has 0 bridgehead atoms. The Morgan fingerprint density at radius 1 is 1.38 bits per heavy atom. The molecule has 3 rings (SSSR count). The maximum absolute atomic E-state index is 12.4. The summed E-state index contributed by atoms with van der Waals surface area (Å²) in [6.07, 6.45) is 2.76. The van der Waals surface area contributed by atoms with Gasteiger partial charge in [-0.2, -0.15) is 5.10 Å². The van der Waals surface area contributed by atoms with Crippen molar-refractivity contribution < 1.29 is 14.3 Å². The topological polar surface area (TPSA) is 71.0 Å². The minimum absolute atomic E-state index is 0.0529. The average Bonchev–Trinajstić information content (AvgIpc) is 3.12. The molecular formula is C18H23N3O3. The summed E-state index contributed by atoms with van der Waals surface area (Å²) in [5.74, 6) is -0.258. The maximum Gasteiger partial charge on any atom is 0.267 e. The smallest absolute Gasteiger partial charge is 0.267 e. The first kappa shape index (κ1) is 16.6. The first-order chi connectivity index (χ1) is 11.6. The van der Waals surface area contributed by atoms with Crippen molar-refractivity contribution in [3.63, 3.8) is 0 Å². The van der Waals surface area contributed by atoms with Crippen LogP contribution in [0, 0.1) is 0 Å². The highest BCUT2D eigenvalue weighted by atomic mass is 16.5. The fourth-order valence-electron chi connectivity index (χ4n) is 3.02. The van der Waals surface area contributed by atoms with Gasteiger partial charge in [-0.05, 0) is 25.3 Å². The molecule has 1 N–H and O–H groups in total. The van der Waals surface area contributed by atoms with Gasteiger partial charge in [-0.25, -0.2) is 5.01 Å². The number of amides is 2. The largest absolute Gasteiger partial charge is 0.376 e. The molecule has 2 aliphatic rings. The van der Waals surface area contributed by atoms with Crippen LogP contribution in [0.1, 0.15) is 38.2 Å². The number of nitrogens with zero attached hydrogens (tertiary/aromatic N) is 2. The molecular weight excluding hydrogens is 306 g/mol. The molecule has 0 aromatic heterocycles. The van der Waals surface area contributed by atoms with Gasteiger partial charge in [-0.1, -0.05) is 30.3 Å². The third kappa shape index (κ3) is 4.00. The number of carbonyl (C=O) groups is 2. The number of carbonyl (C=O) groups excluding carboxylic acids is 2. The minimum atomic E-state index is -0.205. The molecule has 1 saturated heterocycles. The normalized spacial score (nSPS) is 22.2. The highest BCUT2D eigenvalue weighted by Crippen LogP contribution is 2.17. The summed E-state index contributed by atoms with van der Waals surface area (Å²) >= 11 is 0. The quantitative estimate of drug-likeness (QED) is 0.896. The van der Waals surface area contributed by atoms with Crippen molar-refractivity contribution in [1.82, 2.24) is 10.3 Å². The fourth-order valence-corrected chi connectivity index (χ4v) is 3.02. The highest BCUT2D eigenvalue weighted by molar-refractivity contribution is 6.39. The Kier molecular flexibility index (Phi) is 5.25. The summed E-state index contributed by atoms with van der Waals surface area (Å²) in [4.78, 5) is 24.5. The third-order valence-electron chi connectivity index (χ3n) is 4.42. The van der Waals surface area contributed by atoms with E-state index in [1.54, 1.807) is 0 Å². The van der Waals surface area contributed by atoms with Crippen molar-refractivity contribution in [2.75, 3.05) is 6.61 Å². The maximum atomic E-state index is 12.4. The lowest BCUT2D eigenvalue weighted by molar-refractivity contribution is -0.132. The number of hydrazone groups is 1. The first-order valence-electron chi connectivity index (χ1n) is 8.48. The molecule has 1 aromatic carbocycles. The van der Waals surface area contributed by atoms with Crippen LogP contribution in [-0.4, -0.2) is 41.3 Å². The molecule has 0 aliphatic carbocycles. The first-order valence-corrected chi connectivity index (χ1v) is 8.48. The van der Waals surface area contributed by atoms with Gasteiger partial charge in [-0.3, -0.25) is 9.59 Å². The Morgan fingerprint density at radius 3 is 2.88 bits per heavy atom. The molecule has 128 valence electrons. The zero-order chi connectivity index (χ0) is 16.9. The lowest BCUT2D eigenvalue weighted by Crippen LogP contribution is -2.46. The van der Waals surface area contributed by atoms with Crippen molar-refractivity contribution >= 4 is 17.5 Å². The summed E-state index contributed by atoms with van der Waals surface area (Å²) in [5, 5.41) is 8.64. The Labute approximate surface area is 141 Å². The van der Waals surface area contributed by atoms with Gasteiger partial charge in [0.05, 0.1) is 18.7 Å². The average molecular weight is 329 g/mol. The predicted octanol–water partition coefficient (Wildman–Crippen LogP) is 1.85. The molecule has 6 nitrogen and oxygen atoms in total. The Hall–Kier alpha value is -2.21. The van der Waals surface area contributed by atoms with Crippen LogP contribution >= 0.6 is 0 Å². The third-order valence-corrected chi connectivity index (χ3v) is 4.42. The summed E-state index contributed by atoms with van der Waals surface area (Å²) in [7, 11) is 0. The summed E-state index contributed by atoms with van der Waals surface area (Å²) in [5.41, 5.74) is 1.40. The van der Waals surface area contributed by atoms with E-state index in [2.05, 4.69) is 10.4 Å². The van der Waals surface area contributed by atoms with E-state index in [9.17, 15) is 9.59 Å². The van der Waals surface area contributed by atoms with Crippen LogP contribution < -0.4 is 5.32 Å². The molecule has 24 heavy (non-hydrogen) atoms. The van der Waals surface area contributed by atoms with E-state index >= 15 is 0 Å². The van der Waals surface area contributed by atoms with Crippen LogP contribution in [0.2, 0.25) is 0 Å². The van der Waals surface area contributed by atoms with Crippen LogP contribution in [0.5, 0.6) is 0 Å². The SMILES string of the molecule is CC(NC(=O)C1=NN(Cc2ccccc2)C(=O)CC1)C1CCCO1. The van der Waals surface area contributed by atoms with Crippen LogP contribution in [0.15, 0.2) is 35.4 Å². The standard InChI is InChI=1S/C18H23N3O3/c1-13(16-8-5-11-24-16)19-18(23)15-9-10-17(22)21(20-15)12-14-6-3-2-4-7-14/h2-4,6-7,13,16H,5,8-12H2,1H3,(H,19,23). The number of hydrogen-bond donors (Lipinski definition) is 1. The van der Waals surface area contributed by atoms with Gasteiger partial charge in [-0.15, -0.1) is 0 Å². The van der Waals surface area contributed by atoms with E-state index < -0.39 is 0 Å². The summed E-state index contributed by atoms with van der Waals surface area (Å²) < 4.78 is 5.60. The molecule has 1 fully saturated rings. The van der Waals surface area contributed by atoms with E-state index in [-0.39, 0.29) is 24.0 Å². The number of ether oxygens (including phenoxy) is 1. The number of benzene rings is 1. The zero-order valence-corrected chi connectivity index (χ0v) is 13.9. The van der Waals surface area contributed by atoms with Gasteiger partial charge in [0.15, 0.2) is 0 Å². The molecule has 1 aromatic rings. The minimum Gasteiger partial charge on any atom is -0.376 e. The van der Waals surface area contributed by atoms with Crippen LogP contribution in [-0.2, 0) is 20.9 Å². The highest BCUT2D eigenvalue weighted by Gasteiger charge is 2.28. The lowest BCUT2D eigenvalue weighted by atomic mass is 10.1. The monoisotopic (exact) mass is 329 g/mol. The molecule has 2 aliphatic heterocycles. The van der Waals surface area contributed by atoms with Crippen molar-refractivity contribution in [2.45, 2.75) is 51.3 Å². The van der Waals surface area contributed by atoms with Gasteiger partial charge in [0.1, 0.15) is 5.71 Å². The van der Waals surface area contributed by atoms with Crippen LogP contribution in [0.25, 0.3) is 0 Å². The second-order valence-electron chi connectivity index (χ2n) is 6.30. The van der Waals surface area contributed by atoms with Crippen molar-refractivity contribution in [1.29, 1.82) is 0 Å². The molecule has 0 saturated carbocycles. The molecule has 2 heterocycles. The van der Waals surface area contributed by atoms with Gasteiger partial charge in [0, 0.05) is 19.4 Å². The Bertz CT molecular complexity index is 624. The van der Waals surface area contributed by atoms with E-state index in [4.69, 9.17) is 4.74 Å². The van der Waals surface area contributed by atoms with E-state index in [0.717, 1.165) is 25.0 Å². The second kappa shape index (κ2) is 7.57. The van der Waals surface area contributed by atoms with Crippen molar-refractivity contribution in [3.8, 4) is 0 Å². The number of hydrogen-bond acceptors (Lipinski definition) is 4. The predicted molar refractivity (Wildman–Crippen MR) is 90.2 cm³/mol. The van der Waals surface area contributed by atoms with Crippen LogP contribution in [0.4, 0.5) is 0 Å². The Morgan fingerprint density at radius 2 is 2.17 bits per heavy atom. The zero-order valence-electron chi connectivity index (χ0n) is 13.9. The molecule has 6 heteroatoms. The molecule has 0 radical (unpaired) electrons. The molecule has 2 unspecified atom stereocenters.